The fourth-order valence-corrected chi connectivity index (χ4v) is 2.07. The summed E-state index contributed by atoms with van der Waals surface area (Å²) in [6.07, 6.45) is -4.52. The molecule has 1 aromatic carbocycles. The standard InChI is InChI=1S/C15H21ClF3N3O/c1-3-20-14(22-9-7-15(17,18)19)21-8-6-11-4-5-12(23-2)10-13(11)16/h4-5,10H,3,6-9H2,1-2H3,(H2,20,21,22). The quantitative estimate of drug-likeness (QED) is 0.584. The van der Waals surface area contributed by atoms with Crippen molar-refractivity contribution in [2.75, 3.05) is 26.7 Å². The predicted octanol–water partition coefficient (Wildman–Crippen LogP) is 3.40. The van der Waals surface area contributed by atoms with Gasteiger partial charge in [0.15, 0.2) is 5.96 Å². The molecule has 0 unspecified atom stereocenters. The zero-order valence-corrected chi connectivity index (χ0v) is 13.9. The Balaban J connectivity index is 2.50. The molecule has 0 aliphatic rings. The third kappa shape index (κ3) is 7.97. The van der Waals surface area contributed by atoms with Crippen molar-refractivity contribution in [2.24, 2.45) is 4.99 Å². The summed E-state index contributed by atoms with van der Waals surface area (Å²) in [5.74, 6) is 1.04. The highest BCUT2D eigenvalue weighted by Crippen LogP contribution is 2.22. The Hall–Kier alpha value is -1.63. The van der Waals surface area contributed by atoms with Crippen molar-refractivity contribution in [3.63, 3.8) is 0 Å². The van der Waals surface area contributed by atoms with E-state index >= 15 is 0 Å². The molecule has 1 rings (SSSR count). The van der Waals surface area contributed by atoms with Gasteiger partial charge in [-0.15, -0.1) is 0 Å². The molecule has 0 saturated carbocycles. The van der Waals surface area contributed by atoms with Crippen molar-refractivity contribution in [3.8, 4) is 5.75 Å². The first-order valence-corrected chi connectivity index (χ1v) is 7.65. The van der Waals surface area contributed by atoms with Crippen LogP contribution in [0.2, 0.25) is 5.02 Å². The van der Waals surface area contributed by atoms with E-state index in [1.54, 1.807) is 13.2 Å². The third-order valence-electron chi connectivity index (χ3n) is 2.96. The molecule has 0 bridgehead atoms. The van der Waals surface area contributed by atoms with Crippen LogP contribution in [0.4, 0.5) is 13.2 Å². The molecule has 0 aliphatic carbocycles. The number of aliphatic imine (C=N–C) groups is 1. The van der Waals surface area contributed by atoms with Gasteiger partial charge >= 0.3 is 6.18 Å². The second-order valence-corrected chi connectivity index (χ2v) is 5.17. The molecule has 0 amide bonds. The van der Waals surface area contributed by atoms with Crippen LogP contribution in [0.1, 0.15) is 18.9 Å². The normalized spacial score (nSPS) is 12.2. The fraction of sp³-hybridized carbons (Fsp3) is 0.533. The average molecular weight is 352 g/mol. The van der Waals surface area contributed by atoms with Gasteiger partial charge in [-0.05, 0) is 31.0 Å². The number of nitrogens with one attached hydrogen (secondary N) is 2. The summed E-state index contributed by atoms with van der Waals surface area (Å²) < 4.78 is 41.5. The number of guanidine groups is 1. The number of nitrogens with zero attached hydrogens (tertiary/aromatic N) is 1. The molecule has 0 radical (unpaired) electrons. The number of alkyl halides is 3. The Morgan fingerprint density at radius 2 is 2.04 bits per heavy atom. The zero-order valence-electron chi connectivity index (χ0n) is 13.1. The lowest BCUT2D eigenvalue weighted by molar-refractivity contribution is -0.132. The Kier molecular flexibility index (Phi) is 8.02. The Labute approximate surface area is 139 Å². The van der Waals surface area contributed by atoms with E-state index in [1.165, 1.54) is 0 Å². The van der Waals surface area contributed by atoms with Crippen LogP contribution < -0.4 is 15.4 Å². The zero-order chi connectivity index (χ0) is 17.3. The molecule has 130 valence electrons. The second-order valence-electron chi connectivity index (χ2n) is 4.76. The molecule has 2 N–H and O–H groups in total. The molecule has 0 fully saturated rings. The first-order valence-electron chi connectivity index (χ1n) is 7.27. The molecule has 0 aliphatic heterocycles. The highest BCUT2D eigenvalue weighted by molar-refractivity contribution is 6.31. The van der Waals surface area contributed by atoms with Crippen molar-refractivity contribution in [1.29, 1.82) is 0 Å². The Bertz CT molecular complexity index is 521. The van der Waals surface area contributed by atoms with E-state index in [9.17, 15) is 13.2 Å². The lowest BCUT2D eigenvalue weighted by Crippen LogP contribution is -2.38. The van der Waals surface area contributed by atoms with E-state index in [-0.39, 0.29) is 6.54 Å². The van der Waals surface area contributed by atoms with E-state index in [4.69, 9.17) is 16.3 Å². The summed E-state index contributed by atoms with van der Waals surface area (Å²) in [5, 5.41) is 6.49. The Morgan fingerprint density at radius 1 is 1.30 bits per heavy atom. The number of hydrogen-bond donors (Lipinski definition) is 2. The molecule has 8 heteroatoms. The molecule has 4 nitrogen and oxygen atoms in total. The van der Waals surface area contributed by atoms with Gasteiger partial charge in [-0.3, -0.25) is 4.99 Å². The van der Waals surface area contributed by atoms with Crippen molar-refractivity contribution in [3.05, 3.63) is 28.8 Å². The molecule has 0 atom stereocenters. The lowest BCUT2D eigenvalue weighted by Gasteiger charge is -2.12. The maximum Gasteiger partial charge on any atom is 0.390 e. The van der Waals surface area contributed by atoms with Crippen LogP contribution in [0.3, 0.4) is 0 Å². The van der Waals surface area contributed by atoms with Gasteiger partial charge in [-0.2, -0.15) is 13.2 Å². The van der Waals surface area contributed by atoms with Crippen molar-refractivity contribution >= 4 is 17.6 Å². The molecule has 1 aromatic rings. The number of ether oxygens (including phenoxy) is 1. The Morgan fingerprint density at radius 3 is 2.61 bits per heavy atom. The van der Waals surface area contributed by atoms with Crippen LogP contribution in [0.5, 0.6) is 5.75 Å². The minimum Gasteiger partial charge on any atom is -0.497 e. The van der Waals surface area contributed by atoms with Gasteiger partial charge in [0.1, 0.15) is 5.75 Å². The van der Waals surface area contributed by atoms with E-state index in [0.717, 1.165) is 5.56 Å². The van der Waals surface area contributed by atoms with Crippen LogP contribution in [-0.2, 0) is 6.42 Å². The summed E-state index contributed by atoms with van der Waals surface area (Å²) in [5.41, 5.74) is 0.922. The number of halogens is 4. The van der Waals surface area contributed by atoms with Gasteiger partial charge in [-0.25, -0.2) is 0 Å². The van der Waals surface area contributed by atoms with Gasteiger partial charge < -0.3 is 15.4 Å². The molecule has 0 aromatic heterocycles. The molecule has 0 saturated heterocycles. The van der Waals surface area contributed by atoms with E-state index in [1.807, 2.05) is 19.1 Å². The second kappa shape index (κ2) is 9.50. The van der Waals surface area contributed by atoms with Crippen LogP contribution in [0.25, 0.3) is 0 Å². The van der Waals surface area contributed by atoms with E-state index < -0.39 is 12.6 Å². The van der Waals surface area contributed by atoms with E-state index in [0.29, 0.717) is 36.2 Å². The molecule has 0 heterocycles. The largest absolute Gasteiger partial charge is 0.497 e. The van der Waals surface area contributed by atoms with Gasteiger partial charge in [0.2, 0.25) is 0 Å². The average Bonchev–Trinajstić information content (AvgIpc) is 2.47. The minimum absolute atomic E-state index is 0.303. The summed E-state index contributed by atoms with van der Waals surface area (Å²) in [6.45, 7) is 2.62. The number of rotatable bonds is 7. The lowest BCUT2D eigenvalue weighted by atomic mass is 10.1. The highest BCUT2D eigenvalue weighted by Gasteiger charge is 2.26. The van der Waals surface area contributed by atoms with Gasteiger partial charge in [0, 0.05) is 18.1 Å². The number of methoxy groups -OCH3 is 1. The maximum atomic E-state index is 12.1. The topological polar surface area (TPSA) is 45.7 Å². The first-order chi connectivity index (χ1) is 10.9. The van der Waals surface area contributed by atoms with Crippen LogP contribution in [-0.4, -0.2) is 38.9 Å². The third-order valence-corrected chi connectivity index (χ3v) is 3.31. The van der Waals surface area contributed by atoms with Gasteiger partial charge in [-0.1, -0.05) is 17.7 Å². The summed E-state index contributed by atoms with van der Waals surface area (Å²) in [4.78, 5) is 3.90. The maximum absolute atomic E-state index is 12.1. The summed E-state index contributed by atoms with van der Waals surface area (Å²) in [7, 11) is 1.56. The minimum atomic E-state index is -4.20. The number of benzene rings is 1. The molecule has 23 heavy (non-hydrogen) atoms. The van der Waals surface area contributed by atoms with Gasteiger partial charge in [0.25, 0.3) is 0 Å². The summed E-state index contributed by atoms with van der Waals surface area (Å²) in [6, 6.07) is 5.39. The van der Waals surface area contributed by atoms with Gasteiger partial charge in [0.05, 0.1) is 20.1 Å². The first kappa shape index (κ1) is 19.4. The molecular weight excluding hydrogens is 331 g/mol. The van der Waals surface area contributed by atoms with Crippen LogP contribution in [0.15, 0.2) is 23.2 Å². The van der Waals surface area contributed by atoms with E-state index in [2.05, 4.69) is 15.6 Å². The predicted molar refractivity (Wildman–Crippen MR) is 86.4 cm³/mol. The van der Waals surface area contributed by atoms with Crippen LogP contribution >= 0.6 is 11.6 Å². The summed E-state index contributed by atoms with van der Waals surface area (Å²) >= 11 is 6.14. The fourth-order valence-electron chi connectivity index (χ4n) is 1.81. The van der Waals surface area contributed by atoms with Crippen LogP contribution in [0, 0.1) is 0 Å². The highest BCUT2D eigenvalue weighted by atomic mass is 35.5. The smallest absolute Gasteiger partial charge is 0.390 e. The molecule has 0 spiro atoms. The van der Waals surface area contributed by atoms with Crippen molar-refractivity contribution in [1.82, 2.24) is 10.6 Å². The molecular formula is C15H21ClF3N3O. The monoisotopic (exact) mass is 351 g/mol. The van der Waals surface area contributed by atoms with Crippen molar-refractivity contribution in [2.45, 2.75) is 25.9 Å². The SMILES string of the molecule is CCNC(=NCCC(F)(F)F)NCCc1ccc(OC)cc1Cl. The number of hydrogen-bond acceptors (Lipinski definition) is 2. The van der Waals surface area contributed by atoms with Crippen molar-refractivity contribution < 1.29 is 17.9 Å².